The molecule has 7 nitrogen and oxygen atoms in total. The highest BCUT2D eigenvalue weighted by atomic mass is 16.5. The van der Waals surface area contributed by atoms with E-state index in [0.717, 1.165) is 34.9 Å². The summed E-state index contributed by atoms with van der Waals surface area (Å²) in [6.07, 6.45) is 4.57. The van der Waals surface area contributed by atoms with Crippen LogP contribution in [0.2, 0.25) is 0 Å². The number of rotatable bonds is 5. The van der Waals surface area contributed by atoms with Gasteiger partial charge in [-0.1, -0.05) is 12.1 Å². The Morgan fingerprint density at radius 3 is 2.68 bits per heavy atom. The normalized spacial score (nSPS) is 16.6. The highest BCUT2D eigenvalue weighted by Crippen LogP contribution is 2.34. The fourth-order valence-corrected chi connectivity index (χ4v) is 4.30. The van der Waals surface area contributed by atoms with Gasteiger partial charge in [-0.05, 0) is 48.9 Å². The molecule has 1 aromatic carbocycles. The highest BCUT2D eigenvalue weighted by molar-refractivity contribution is 5.98. The van der Waals surface area contributed by atoms with E-state index in [2.05, 4.69) is 15.1 Å². The maximum atomic E-state index is 13.4. The summed E-state index contributed by atoms with van der Waals surface area (Å²) >= 11 is 0. The first kappa shape index (κ1) is 19.9. The van der Waals surface area contributed by atoms with E-state index in [1.165, 1.54) is 0 Å². The van der Waals surface area contributed by atoms with Crippen molar-refractivity contribution in [3.8, 4) is 11.1 Å². The fourth-order valence-electron chi connectivity index (χ4n) is 4.30. The molecule has 1 aliphatic carbocycles. The number of anilines is 1. The molecule has 0 atom stereocenters. The van der Waals surface area contributed by atoms with Crippen LogP contribution in [0.5, 0.6) is 0 Å². The lowest BCUT2D eigenvalue weighted by Gasteiger charge is -2.28. The van der Waals surface area contributed by atoms with Crippen LogP contribution in [0.15, 0.2) is 35.3 Å². The number of hydrogen-bond donors (Lipinski definition) is 0. The van der Waals surface area contributed by atoms with E-state index in [0.29, 0.717) is 55.6 Å². The Hall–Kier alpha value is -3.06. The quantitative estimate of drug-likeness (QED) is 0.593. The first-order valence-electron chi connectivity index (χ1n) is 10.9. The zero-order valence-corrected chi connectivity index (χ0v) is 17.9. The van der Waals surface area contributed by atoms with Crippen LogP contribution >= 0.6 is 0 Å². The molecule has 5 rings (SSSR count). The van der Waals surface area contributed by atoms with Gasteiger partial charge in [-0.15, -0.1) is 5.10 Å². The molecule has 2 fully saturated rings. The Labute approximate surface area is 180 Å². The molecular weight excluding hydrogens is 392 g/mol. The van der Waals surface area contributed by atoms with Crippen LogP contribution in [-0.4, -0.2) is 46.9 Å². The zero-order chi connectivity index (χ0) is 21.5. The van der Waals surface area contributed by atoms with Crippen molar-refractivity contribution in [3.63, 3.8) is 0 Å². The van der Waals surface area contributed by atoms with Crippen molar-refractivity contribution >= 4 is 22.5 Å². The van der Waals surface area contributed by atoms with Crippen LogP contribution in [0.25, 0.3) is 22.0 Å². The van der Waals surface area contributed by atoms with Gasteiger partial charge < -0.3 is 14.2 Å². The molecule has 0 N–H and O–H groups in total. The van der Waals surface area contributed by atoms with Crippen molar-refractivity contribution in [3.05, 3.63) is 51.9 Å². The number of aromatic nitrogens is 3. The Morgan fingerprint density at radius 1 is 1.16 bits per heavy atom. The molecule has 1 saturated heterocycles. The second-order valence-corrected chi connectivity index (χ2v) is 8.59. The molecule has 1 saturated carbocycles. The summed E-state index contributed by atoms with van der Waals surface area (Å²) in [5, 5.41) is 9.39. The Balaban J connectivity index is 1.62. The lowest BCUT2D eigenvalue weighted by molar-refractivity contribution is 0.0976. The third kappa shape index (κ3) is 3.74. The van der Waals surface area contributed by atoms with Crippen LogP contribution < -0.4 is 10.5 Å². The number of benzene rings is 1. The van der Waals surface area contributed by atoms with Crippen LogP contribution in [0.3, 0.4) is 0 Å². The van der Waals surface area contributed by atoms with Gasteiger partial charge >= 0.3 is 0 Å². The average Bonchev–Trinajstić information content (AvgIpc) is 3.61. The molecule has 2 aliphatic rings. The molecule has 1 aliphatic heterocycles. The summed E-state index contributed by atoms with van der Waals surface area (Å²) in [4.78, 5) is 28.2. The number of ether oxygens (including phenoxy) is 1. The summed E-state index contributed by atoms with van der Waals surface area (Å²) in [6, 6.07) is 7.56. The molecule has 0 radical (unpaired) electrons. The van der Waals surface area contributed by atoms with Crippen molar-refractivity contribution < 1.29 is 9.53 Å². The van der Waals surface area contributed by atoms with E-state index >= 15 is 0 Å². The third-order valence-electron chi connectivity index (χ3n) is 6.34. The van der Waals surface area contributed by atoms with Gasteiger partial charge in [0, 0.05) is 43.1 Å². The number of ketones is 1. The van der Waals surface area contributed by atoms with E-state index in [9.17, 15) is 9.59 Å². The van der Waals surface area contributed by atoms with Gasteiger partial charge in [0.15, 0.2) is 11.6 Å². The van der Waals surface area contributed by atoms with E-state index in [4.69, 9.17) is 4.74 Å². The second-order valence-electron chi connectivity index (χ2n) is 8.59. The number of Topliss-reactive ketones (excluding diaryl/α,β-unsaturated/α-hetero) is 1. The summed E-state index contributed by atoms with van der Waals surface area (Å²) < 4.78 is 7.10. The van der Waals surface area contributed by atoms with Gasteiger partial charge in [0.05, 0.1) is 24.9 Å². The van der Waals surface area contributed by atoms with Crippen LogP contribution in [0, 0.1) is 12.8 Å². The van der Waals surface area contributed by atoms with Crippen molar-refractivity contribution in [2.45, 2.75) is 26.2 Å². The first-order chi connectivity index (χ1) is 15.0. The van der Waals surface area contributed by atoms with Crippen LogP contribution in [0.4, 0.5) is 5.82 Å². The smallest absolute Gasteiger partial charge is 0.258 e. The molecule has 3 aromatic rings. The second kappa shape index (κ2) is 7.89. The Kier molecular flexibility index (Phi) is 5.06. The number of carbonyl (C=O) groups excluding carboxylic acids is 1. The number of fused-ring (bicyclic) bond motifs is 1. The Bertz CT molecular complexity index is 1220. The molecule has 3 heterocycles. The van der Waals surface area contributed by atoms with Crippen molar-refractivity contribution in [1.82, 2.24) is 14.8 Å². The van der Waals surface area contributed by atoms with Gasteiger partial charge in [0.25, 0.3) is 5.56 Å². The molecule has 31 heavy (non-hydrogen) atoms. The minimum absolute atomic E-state index is 0.107. The lowest BCUT2D eigenvalue weighted by atomic mass is 9.95. The maximum absolute atomic E-state index is 13.4. The number of nitrogens with zero attached hydrogens (tertiary/aromatic N) is 4. The first-order valence-corrected chi connectivity index (χ1v) is 10.9. The Morgan fingerprint density at radius 2 is 1.94 bits per heavy atom. The topological polar surface area (TPSA) is 77.3 Å². The molecule has 0 bridgehead atoms. The molecular formula is C24H26N4O3. The fraction of sp³-hybridized carbons (Fsp3) is 0.417. The van der Waals surface area contributed by atoms with Gasteiger partial charge in [0.2, 0.25) is 0 Å². The molecule has 0 unspecified atom stereocenters. The number of morpholine rings is 1. The molecule has 7 heteroatoms. The van der Waals surface area contributed by atoms with E-state index in [1.807, 2.05) is 31.2 Å². The SMILES string of the molecule is Cc1ccc(C(=O)CC2CC2)cc1-c1cc2cnnc(N3CCOCC3)c2n(C)c1=O. The minimum atomic E-state index is -0.107. The van der Waals surface area contributed by atoms with Gasteiger partial charge in [-0.2, -0.15) is 5.10 Å². The maximum Gasteiger partial charge on any atom is 0.258 e. The monoisotopic (exact) mass is 418 g/mol. The van der Waals surface area contributed by atoms with Gasteiger partial charge in [-0.3, -0.25) is 9.59 Å². The summed E-state index contributed by atoms with van der Waals surface area (Å²) in [7, 11) is 1.78. The lowest BCUT2D eigenvalue weighted by Crippen LogP contribution is -2.37. The predicted octanol–water partition coefficient (Wildman–Crippen LogP) is 3.12. The number of hydrogen-bond acceptors (Lipinski definition) is 6. The van der Waals surface area contributed by atoms with E-state index in [1.54, 1.807) is 17.8 Å². The largest absolute Gasteiger partial charge is 0.378 e. The summed E-state index contributed by atoms with van der Waals surface area (Å²) in [5.41, 5.74) is 3.68. The number of carbonyl (C=O) groups is 1. The van der Waals surface area contributed by atoms with Crippen molar-refractivity contribution in [1.29, 1.82) is 0 Å². The zero-order valence-electron chi connectivity index (χ0n) is 17.9. The third-order valence-corrected chi connectivity index (χ3v) is 6.34. The van der Waals surface area contributed by atoms with Crippen LogP contribution in [0.1, 0.15) is 35.2 Å². The highest BCUT2D eigenvalue weighted by Gasteiger charge is 2.25. The average molecular weight is 418 g/mol. The predicted molar refractivity (Wildman–Crippen MR) is 120 cm³/mol. The number of aryl methyl sites for hydroxylation is 2. The van der Waals surface area contributed by atoms with E-state index in [-0.39, 0.29) is 11.3 Å². The standard InChI is InChI=1S/C24H26N4O3/c1-15-3-6-17(21(29)11-16-4-5-16)12-19(15)20-13-18-14-25-26-23(22(18)27(2)24(20)30)28-7-9-31-10-8-28/h3,6,12-14,16H,4-5,7-11H2,1-2H3. The van der Waals surface area contributed by atoms with Gasteiger partial charge in [0.1, 0.15) is 0 Å². The summed E-state index contributed by atoms with van der Waals surface area (Å²) in [5.74, 6) is 1.39. The van der Waals surface area contributed by atoms with Gasteiger partial charge in [-0.25, -0.2) is 0 Å². The summed E-state index contributed by atoms with van der Waals surface area (Å²) in [6.45, 7) is 4.66. The van der Waals surface area contributed by atoms with Crippen molar-refractivity contribution in [2.24, 2.45) is 13.0 Å². The molecule has 0 spiro atoms. The van der Waals surface area contributed by atoms with E-state index < -0.39 is 0 Å². The molecule has 0 amide bonds. The van der Waals surface area contributed by atoms with Crippen molar-refractivity contribution in [2.75, 3.05) is 31.2 Å². The molecule has 160 valence electrons. The minimum Gasteiger partial charge on any atom is -0.378 e. The van der Waals surface area contributed by atoms with Crippen LogP contribution in [-0.2, 0) is 11.8 Å². The number of pyridine rings is 1. The molecule has 2 aromatic heterocycles.